The number of aromatic nitrogens is 3. The van der Waals surface area contributed by atoms with Crippen molar-refractivity contribution in [2.75, 3.05) is 5.73 Å². The summed E-state index contributed by atoms with van der Waals surface area (Å²) in [5.74, 6) is 0.496. The molecule has 0 bridgehead atoms. The molecule has 0 fully saturated rings. The summed E-state index contributed by atoms with van der Waals surface area (Å²) in [6.45, 7) is 0. The lowest BCUT2D eigenvalue weighted by Crippen LogP contribution is -1.91. The van der Waals surface area contributed by atoms with E-state index < -0.39 is 0 Å². The number of rotatable bonds is 1. The Morgan fingerprint density at radius 2 is 1.94 bits per heavy atom. The first kappa shape index (κ1) is 8.91. The summed E-state index contributed by atoms with van der Waals surface area (Å²) in [7, 11) is 0. The van der Waals surface area contributed by atoms with Crippen LogP contribution in [0.5, 0.6) is 0 Å². The zero-order valence-electron chi connectivity index (χ0n) is 8.51. The first-order valence-electron chi connectivity index (χ1n) is 4.99. The number of nitrogens with two attached hydrogens (primary N) is 1. The molecule has 78 valence electrons. The van der Waals surface area contributed by atoms with Crippen LogP contribution in [0.4, 0.5) is 5.82 Å². The van der Waals surface area contributed by atoms with E-state index >= 15 is 0 Å². The predicted molar refractivity (Wildman–Crippen MR) is 63.7 cm³/mol. The minimum atomic E-state index is 0.496. The van der Waals surface area contributed by atoms with Crippen molar-refractivity contribution in [1.82, 2.24) is 15.2 Å². The molecule has 4 heteroatoms. The number of nitrogen functional groups attached to an aromatic ring is 1. The molecule has 0 aliphatic carbocycles. The molecule has 0 radical (unpaired) electrons. The lowest BCUT2D eigenvalue weighted by atomic mass is 10.0. The Morgan fingerprint density at radius 1 is 1.12 bits per heavy atom. The van der Waals surface area contributed by atoms with Crippen LogP contribution in [0.2, 0.25) is 0 Å². The highest BCUT2D eigenvalue weighted by Gasteiger charge is 2.07. The molecule has 0 atom stereocenters. The van der Waals surface area contributed by atoms with Gasteiger partial charge in [0.25, 0.3) is 0 Å². The molecule has 0 spiro atoms. The Balaban J connectivity index is 2.34. The Labute approximate surface area is 92.1 Å². The lowest BCUT2D eigenvalue weighted by molar-refractivity contribution is 1.10. The SMILES string of the molecule is Nc1cc(-c2ccccc2)c2cn[nH]c2n1. The van der Waals surface area contributed by atoms with Crippen LogP contribution in [0.3, 0.4) is 0 Å². The van der Waals surface area contributed by atoms with Crippen LogP contribution in [0.1, 0.15) is 0 Å². The third-order valence-corrected chi connectivity index (χ3v) is 2.53. The van der Waals surface area contributed by atoms with Gasteiger partial charge in [-0.3, -0.25) is 5.10 Å². The lowest BCUT2D eigenvalue weighted by Gasteiger charge is -2.03. The minimum absolute atomic E-state index is 0.496. The number of H-pyrrole nitrogens is 1. The van der Waals surface area contributed by atoms with Crippen molar-refractivity contribution in [2.24, 2.45) is 0 Å². The smallest absolute Gasteiger partial charge is 0.158 e. The van der Waals surface area contributed by atoms with E-state index in [1.807, 2.05) is 36.4 Å². The first-order valence-corrected chi connectivity index (χ1v) is 4.99. The van der Waals surface area contributed by atoms with E-state index in [4.69, 9.17) is 5.73 Å². The highest BCUT2D eigenvalue weighted by Crippen LogP contribution is 2.27. The van der Waals surface area contributed by atoms with Crippen molar-refractivity contribution in [1.29, 1.82) is 0 Å². The van der Waals surface area contributed by atoms with Crippen LogP contribution < -0.4 is 5.73 Å². The molecule has 0 amide bonds. The average molecular weight is 210 g/mol. The highest BCUT2D eigenvalue weighted by atomic mass is 15.1. The summed E-state index contributed by atoms with van der Waals surface area (Å²) < 4.78 is 0. The number of pyridine rings is 1. The van der Waals surface area contributed by atoms with Crippen LogP contribution in [-0.4, -0.2) is 15.2 Å². The zero-order chi connectivity index (χ0) is 11.0. The summed E-state index contributed by atoms with van der Waals surface area (Å²) >= 11 is 0. The zero-order valence-corrected chi connectivity index (χ0v) is 8.51. The number of hydrogen-bond acceptors (Lipinski definition) is 3. The number of aromatic amines is 1. The van der Waals surface area contributed by atoms with Gasteiger partial charge < -0.3 is 5.73 Å². The Bertz CT molecular complexity index is 628. The fourth-order valence-corrected chi connectivity index (χ4v) is 1.81. The van der Waals surface area contributed by atoms with E-state index in [1.54, 1.807) is 6.20 Å². The molecule has 2 aromatic heterocycles. The monoisotopic (exact) mass is 210 g/mol. The van der Waals surface area contributed by atoms with Crippen molar-refractivity contribution in [3.05, 3.63) is 42.6 Å². The van der Waals surface area contributed by atoms with Gasteiger partial charge in [-0.25, -0.2) is 4.98 Å². The van der Waals surface area contributed by atoms with Gasteiger partial charge in [0.1, 0.15) is 5.82 Å². The molecule has 1 aromatic carbocycles. The van der Waals surface area contributed by atoms with Gasteiger partial charge in [0.15, 0.2) is 5.65 Å². The van der Waals surface area contributed by atoms with Crippen molar-refractivity contribution in [2.45, 2.75) is 0 Å². The normalized spacial score (nSPS) is 10.8. The molecule has 3 N–H and O–H groups in total. The van der Waals surface area contributed by atoms with Crippen molar-refractivity contribution >= 4 is 16.9 Å². The Morgan fingerprint density at radius 3 is 2.75 bits per heavy atom. The molecule has 0 aliphatic heterocycles. The number of hydrogen-bond donors (Lipinski definition) is 2. The van der Waals surface area contributed by atoms with Gasteiger partial charge in [-0.1, -0.05) is 30.3 Å². The van der Waals surface area contributed by atoms with E-state index in [9.17, 15) is 0 Å². The third kappa shape index (κ3) is 1.32. The second kappa shape index (κ2) is 3.34. The summed E-state index contributed by atoms with van der Waals surface area (Å²) in [4.78, 5) is 4.18. The minimum Gasteiger partial charge on any atom is -0.384 e. The maximum absolute atomic E-state index is 5.76. The summed E-state index contributed by atoms with van der Waals surface area (Å²) in [6, 6.07) is 11.9. The van der Waals surface area contributed by atoms with Crippen molar-refractivity contribution < 1.29 is 0 Å². The highest BCUT2D eigenvalue weighted by molar-refractivity contribution is 5.93. The number of fused-ring (bicyclic) bond motifs is 1. The van der Waals surface area contributed by atoms with E-state index in [-0.39, 0.29) is 0 Å². The molecule has 0 unspecified atom stereocenters. The van der Waals surface area contributed by atoms with Crippen molar-refractivity contribution in [3.8, 4) is 11.1 Å². The molecular weight excluding hydrogens is 200 g/mol. The van der Waals surface area contributed by atoms with E-state index in [1.165, 1.54) is 0 Å². The van der Waals surface area contributed by atoms with Crippen LogP contribution in [0, 0.1) is 0 Å². The second-order valence-electron chi connectivity index (χ2n) is 3.59. The molecule has 0 saturated heterocycles. The number of nitrogens with zero attached hydrogens (tertiary/aromatic N) is 2. The topological polar surface area (TPSA) is 67.6 Å². The van der Waals surface area contributed by atoms with Gasteiger partial charge in [0.2, 0.25) is 0 Å². The van der Waals surface area contributed by atoms with E-state index in [2.05, 4.69) is 15.2 Å². The van der Waals surface area contributed by atoms with Gasteiger partial charge in [0, 0.05) is 5.39 Å². The van der Waals surface area contributed by atoms with Crippen LogP contribution in [0.25, 0.3) is 22.2 Å². The quantitative estimate of drug-likeness (QED) is 0.647. The number of nitrogens with one attached hydrogen (secondary N) is 1. The summed E-state index contributed by atoms with van der Waals surface area (Å²) in [6.07, 6.45) is 1.77. The molecule has 3 aromatic rings. The molecule has 3 rings (SSSR count). The van der Waals surface area contributed by atoms with Gasteiger partial charge in [-0.05, 0) is 17.2 Å². The second-order valence-corrected chi connectivity index (χ2v) is 3.59. The molecular formula is C12H10N4. The standard InChI is InChI=1S/C12H10N4/c13-11-6-9(8-4-2-1-3-5-8)10-7-14-16-12(10)15-11/h1-7H,(H3,13,14,15,16). The summed E-state index contributed by atoms with van der Waals surface area (Å²) in [5, 5.41) is 7.80. The third-order valence-electron chi connectivity index (χ3n) is 2.53. The Kier molecular flexibility index (Phi) is 1.86. The van der Waals surface area contributed by atoms with E-state index in [0.717, 1.165) is 22.2 Å². The Hall–Kier alpha value is -2.36. The predicted octanol–water partition coefficient (Wildman–Crippen LogP) is 2.21. The van der Waals surface area contributed by atoms with E-state index in [0.29, 0.717) is 5.82 Å². The maximum atomic E-state index is 5.76. The van der Waals surface area contributed by atoms with Gasteiger partial charge >= 0.3 is 0 Å². The van der Waals surface area contributed by atoms with Gasteiger partial charge in [-0.2, -0.15) is 5.10 Å². The number of anilines is 1. The maximum Gasteiger partial charge on any atom is 0.158 e. The fraction of sp³-hybridized carbons (Fsp3) is 0. The molecule has 16 heavy (non-hydrogen) atoms. The van der Waals surface area contributed by atoms with Crippen molar-refractivity contribution in [3.63, 3.8) is 0 Å². The van der Waals surface area contributed by atoms with Crippen LogP contribution >= 0.6 is 0 Å². The summed E-state index contributed by atoms with van der Waals surface area (Å²) in [5.41, 5.74) is 8.65. The number of benzene rings is 1. The van der Waals surface area contributed by atoms with Gasteiger partial charge in [-0.15, -0.1) is 0 Å². The fourth-order valence-electron chi connectivity index (χ4n) is 1.81. The molecule has 2 heterocycles. The van der Waals surface area contributed by atoms with Crippen LogP contribution in [-0.2, 0) is 0 Å². The molecule has 0 saturated carbocycles. The average Bonchev–Trinajstić information content (AvgIpc) is 2.77. The molecule has 0 aliphatic rings. The van der Waals surface area contributed by atoms with Crippen LogP contribution in [0.15, 0.2) is 42.6 Å². The first-order chi connectivity index (χ1) is 7.84. The largest absolute Gasteiger partial charge is 0.384 e. The van der Waals surface area contributed by atoms with Gasteiger partial charge in [0.05, 0.1) is 6.20 Å². The molecule has 4 nitrogen and oxygen atoms in total.